The van der Waals surface area contributed by atoms with Crippen LogP contribution in [-0.4, -0.2) is 4.98 Å². The summed E-state index contributed by atoms with van der Waals surface area (Å²) in [5.41, 5.74) is 0.0707. The van der Waals surface area contributed by atoms with Crippen molar-refractivity contribution in [1.29, 1.82) is 0 Å². The molecule has 0 unspecified atom stereocenters. The minimum Gasteiger partial charge on any atom is -0.251 e. The minimum absolute atomic E-state index is 0.0707. The van der Waals surface area contributed by atoms with Crippen molar-refractivity contribution < 1.29 is 8.78 Å². The molecule has 1 rings (SSSR count). The predicted molar refractivity (Wildman–Crippen MR) is 34.2 cm³/mol. The van der Waals surface area contributed by atoms with Crippen LogP contribution in [0.15, 0.2) is 18.8 Å². The molecular weight excluding hydrogens is 136 g/mol. The van der Waals surface area contributed by atoms with Gasteiger partial charge in [-0.3, -0.25) is 4.98 Å². The lowest BCUT2D eigenvalue weighted by molar-refractivity contribution is 0.571. The van der Waals surface area contributed by atoms with E-state index in [4.69, 9.17) is 0 Å². The Kier molecular flexibility index (Phi) is 1.76. The number of nitrogens with zero attached hydrogens (tertiary/aromatic N) is 1. The third-order valence-corrected chi connectivity index (χ3v) is 1.03. The quantitative estimate of drug-likeness (QED) is 0.582. The molecule has 0 aliphatic heterocycles. The van der Waals surface area contributed by atoms with E-state index in [-0.39, 0.29) is 5.69 Å². The van der Waals surface area contributed by atoms with E-state index in [2.05, 4.69) is 11.6 Å². The largest absolute Gasteiger partial charge is 0.251 e. The number of halogens is 2. The van der Waals surface area contributed by atoms with Crippen molar-refractivity contribution in [3.05, 3.63) is 36.2 Å². The monoisotopic (exact) mass is 141 g/mol. The van der Waals surface area contributed by atoms with Gasteiger partial charge < -0.3 is 0 Å². The molecule has 0 N–H and O–H groups in total. The van der Waals surface area contributed by atoms with Crippen LogP contribution in [0.1, 0.15) is 5.69 Å². The second-order valence-electron chi connectivity index (χ2n) is 1.72. The fraction of sp³-hybridized carbons (Fsp3) is 0. The third-order valence-electron chi connectivity index (χ3n) is 1.03. The number of aromatic nitrogens is 1. The molecule has 0 bridgehead atoms. The molecule has 0 aliphatic carbocycles. The maximum absolute atomic E-state index is 12.5. The van der Waals surface area contributed by atoms with Gasteiger partial charge >= 0.3 is 0 Å². The molecule has 52 valence electrons. The first-order valence-electron chi connectivity index (χ1n) is 2.67. The molecule has 0 amide bonds. The van der Waals surface area contributed by atoms with Crippen LogP contribution < -0.4 is 0 Å². The summed E-state index contributed by atoms with van der Waals surface area (Å²) in [5, 5.41) is 0. The zero-order valence-corrected chi connectivity index (χ0v) is 5.14. The standard InChI is InChI=1S/C7H5F2N/c1-2-7-6(9)3-5(8)4-10-7/h2-4H,1H2. The Morgan fingerprint density at radius 1 is 1.50 bits per heavy atom. The Morgan fingerprint density at radius 2 is 2.20 bits per heavy atom. The third kappa shape index (κ3) is 1.18. The normalized spacial score (nSPS) is 9.40. The summed E-state index contributed by atoms with van der Waals surface area (Å²) in [7, 11) is 0. The van der Waals surface area contributed by atoms with Crippen molar-refractivity contribution >= 4 is 6.08 Å². The van der Waals surface area contributed by atoms with Gasteiger partial charge in [0.1, 0.15) is 5.82 Å². The van der Waals surface area contributed by atoms with Crippen LogP contribution in [0.3, 0.4) is 0 Å². The van der Waals surface area contributed by atoms with Crippen molar-refractivity contribution in [2.75, 3.05) is 0 Å². The smallest absolute Gasteiger partial charge is 0.151 e. The van der Waals surface area contributed by atoms with Crippen molar-refractivity contribution in [3.63, 3.8) is 0 Å². The maximum atomic E-state index is 12.5. The van der Waals surface area contributed by atoms with E-state index in [0.717, 1.165) is 12.3 Å². The van der Waals surface area contributed by atoms with Gasteiger partial charge in [-0.15, -0.1) is 0 Å². The molecule has 0 atom stereocenters. The molecule has 0 aliphatic rings. The second-order valence-corrected chi connectivity index (χ2v) is 1.72. The highest BCUT2D eigenvalue weighted by Crippen LogP contribution is 2.05. The zero-order valence-electron chi connectivity index (χ0n) is 5.14. The van der Waals surface area contributed by atoms with Gasteiger partial charge in [-0.25, -0.2) is 8.78 Å². The van der Waals surface area contributed by atoms with Crippen LogP contribution in [0.25, 0.3) is 6.08 Å². The van der Waals surface area contributed by atoms with Crippen LogP contribution in [0.5, 0.6) is 0 Å². The van der Waals surface area contributed by atoms with Crippen molar-refractivity contribution in [1.82, 2.24) is 4.98 Å². The topological polar surface area (TPSA) is 12.9 Å². The van der Waals surface area contributed by atoms with Crippen molar-refractivity contribution in [3.8, 4) is 0 Å². The van der Waals surface area contributed by atoms with Crippen LogP contribution >= 0.6 is 0 Å². The van der Waals surface area contributed by atoms with Gasteiger partial charge in [0.25, 0.3) is 0 Å². The van der Waals surface area contributed by atoms with E-state index in [1.165, 1.54) is 6.08 Å². The van der Waals surface area contributed by atoms with E-state index < -0.39 is 11.6 Å². The summed E-state index contributed by atoms with van der Waals surface area (Å²) in [5.74, 6) is -1.36. The minimum atomic E-state index is -0.685. The Hall–Kier alpha value is -1.25. The number of rotatable bonds is 1. The van der Waals surface area contributed by atoms with Gasteiger partial charge in [0.15, 0.2) is 5.82 Å². The highest BCUT2D eigenvalue weighted by Gasteiger charge is 1.99. The predicted octanol–water partition coefficient (Wildman–Crippen LogP) is 2.00. The average Bonchev–Trinajstić information content (AvgIpc) is 1.88. The fourth-order valence-corrected chi connectivity index (χ4v) is 0.575. The zero-order chi connectivity index (χ0) is 7.56. The fourth-order valence-electron chi connectivity index (χ4n) is 0.575. The van der Waals surface area contributed by atoms with Gasteiger partial charge in [0.2, 0.25) is 0 Å². The van der Waals surface area contributed by atoms with Crippen LogP contribution in [0.4, 0.5) is 8.78 Å². The van der Waals surface area contributed by atoms with E-state index in [1.54, 1.807) is 0 Å². The average molecular weight is 141 g/mol. The Balaban J connectivity index is 3.19. The van der Waals surface area contributed by atoms with Gasteiger partial charge in [0, 0.05) is 6.07 Å². The first-order chi connectivity index (χ1) is 4.74. The van der Waals surface area contributed by atoms with Gasteiger partial charge in [-0.2, -0.15) is 0 Å². The van der Waals surface area contributed by atoms with Gasteiger partial charge in [-0.05, 0) is 6.08 Å². The van der Waals surface area contributed by atoms with Gasteiger partial charge in [0.05, 0.1) is 11.9 Å². The molecule has 3 heteroatoms. The molecule has 0 saturated carbocycles. The molecule has 0 spiro atoms. The molecule has 0 saturated heterocycles. The molecule has 1 heterocycles. The van der Waals surface area contributed by atoms with E-state index in [0.29, 0.717) is 0 Å². The summed E-state index contributed by atoms with van der Waals surface area (Å²) in [4.78, 5) is 3.43. The summed E-state index contributed by atoms with van der Waals surface area (Å²) < 4.78 is 24.6. The first-order valence-corrected chi connectivity index (χ1v) is 2.67. The van der Waals surface area contributed by atoms with Crippen LogP contribution in [0.2, 0.25) is 0 Å². The summed E-state index contributed by atoms with van der Waals surface area (Å²) in [6.45, 7) is 3.30. The summed E-state index contributed by atoms with van der Waals surface area (Å²) in [6, 6.07) is 0.768. The molecule has 1 aromatic heterocycles. The molecule has 0 aromatic carbocycles. The SMILES string of the molecule is C=Cc1ncc(F)cc1F. The molecule has 0 fully saturated rings. The Bertz CT molecular complexity index is 258. The lowest BCUT2D eigenvalue weighted by atomic mass is 10.3. The van der Waals surface area contributed by atoms with E-state index >= 15 is 0 Å². The summed E-state index contributed by atoms with van der Waals surface area (Å²) in [6.07, 6.45) is 2.18. The van der Waals surface area contributed by atoms with E-state index in [9.17, 15) is 8.78 Å². The Labute approximate surface area is 57.0 Å². The highest BCUT2D eigenvalue weighted by atomic mass is 19.1. The highest BCUT2D eigenvalue weighted by molar-refractivity contribution is 5.41. The summed E-state index contributed by atoms with van der Waals surface area (Å²) >= 11 is 0. The van der Waals surface area contributed by atoms with Crippen molar-refractivity contribution in [2.24, 2.45) is 0 Å². The van der Waals surface area contributed by atoms with Crippen LogP contribution in [-0.2, 0) is 0 Å². The lowest BCUT2D eigenvalue weighted by Crippen LogP contribution is -1.88. The molecule has 1 aromatic rings. The Morgan fingerprint density at radius 3 is 2.70 bits per heavy atom. The van der Waals surface area contributed by atoms with E-state index in [1.807, 2.05) is 0 Å². The molecule has 0 radical (unpaired) electrons. The first kappa shape index (κ1) is 6.86. The number of hydrogen-bond acceptors (Lipinski definition) is 1. The van der Waals surface area contributed by atoms with Crippen molar-refractivity contribution in [2.45, 2.75) is 0 Å². The maximum Gasteiger partial charge on any atom is 0.151 e. The van der Waals surface area contributed by atoms with Crippen LogP contribution in [0, 0.1) is 11.6 Å². The second kappa shape index (κ2) is 2.56. The molecule has 1 nitrogen and oxygen atoms in total. The lowest BCUT2D eigenvalue weighted by Gasteiger charge is -1.92. The molecular formula is C7H5F2N. The van der Waals surface area contributed by atoms with Gasteiger partial charge in [-0.1, -0.05) is 6.58 Å². The number of hydrogen-bond donors (Lipinski definition) is 0. The number of pyridine rings is 1. The molecule has 10 heavy (non-hydrogen) atoms.